The van der Waals surface area contributed by atoms with Gasteiger partial charge in [0.15, 0.2) is 0 Å². The summed E-state index contributed by atoms with van der Waals surface area (Å²) < 4.78 is 12.6. The predicted molar refractivity (Wildman–Crippen MR) is 210 cm³/mol. The highest BCUT2D eigenvalue weighted by Crippen LogP contribution is 2.33. The molecule has 8 heteroatoms. The van der Waals surface area contributed by atoms with Crippen LogP contribution >= 0.6 is 0 Å². The molecule has 0 aromatic heterocycles. The summed E-state index contributed by atoms with van der Waals surface area (Å²) in [4.78, 5) is 27.6. The minimum absolute atomic E-state index is 0.336. The van der Waals surface area contributed by atoms with Gasteiger partial charge in [-0.2, -0.15) is 0 Å². The summed E-state index contributed by atoms with van der Waals surface area (Å²) in [6.07, 6.45) is 17.0. The van der Waals surface area contributed by atoms with E-state index in [0.717, 1.165) is 83.3 Å². The molecule has 0 amide bonds. The van der Waals surface area contributed by atoms with Gasteiger partial charge in [-0.05, 0) is 121 Å². The van der Waals surface area contributed by atoms with Crippen molar-refractivity contribution in [3.8, 4) is 47.3 Å². The van der Waals surface area contributed by atoms with E-state index >= 15 is 0 Å². The Kier molecular flexibility index (Phi) is 12.4. The Bertz CT molecular complexity index is 1940. The lowest BCUT2D eigenvalue weighted by molar-refractivity contribution is -0.145. The van der Waals surface area contributed by atoms with E-state index in [2.05, 4.69) is 50.0 Å². The fourth-order valence-electron chi connectivity index (χ4n) is 7.79. The summed E-state index contributed by atoms with van der Waals surface area (Å²) in [5, 5.41) is 19.4. The highest BCUT2D eigenvalue weighted by Gasteiger charge is 2.29. The van der Waals surface area contributed by atoms with E-state index in [9.17, 15) is 19.8 Å². The van der Waals surface area contributed by atoms with Crippen molar-refractivity contribution in [2.75, 3.05) is 13.1 Å². The predicted octanol–water partition coefficient (Wildman–Crippen LogP) is 7.97. The van der Waals surface area contributed by atoms with Gasteiger partial charge < -0.3 is 19.7 Å². The van der Waals surface area contributed by atoms with Crippen LogP contribution in [0.5, 0.6) is 11.5 Å². The van der Waals surface area contributed by atoms with Crippen molar-refractivity contribution in [1.82, 2.24) is 9.80 Å². The van der Waals surface area contributed by atoms with E-state index in [0.29, 0.717) is 61.8 Å². The second-order valence-electron chi connectivity index (χ2n) is 14.3. The average Bonchev–Trinajstić information content (AvgIpc) is 3.18. The summed E-state index contributed by atoms with van der Waals surface area (Å²) in [5.74, 6) is 5.20. The van der Waals surface area contributed by atoms with E-state index < -0.39 is 24.0 Å². The van der Waals surface area contributed by atoms with Crippen LogP contribution in [0.3, 0.4) is 0 Å². The minimum Gasteiger partial charge on any atom is -0.488 e. The molecular weight excluding hydrogens is 677 g/mol. The maximum Gasteiger partial charge on any atom is 0.320 e. The van der Waals surface area contributed by atoms with Crippen LogP contribution in [0.25, 0.3) is 11.1 Å². The van der Waals surface area contributed by atoms with Crippen molar-refractivity contribution in [2.45, 2.75) is 90.8 Å². The molecule has 2 aliphatic rings. The lowest BCUT2D eigenvalue weighted by Gasteiger charge is -2.32. The number of likely N-dealkylation sites (tertiary alicyclic amines) is 2. The molecule has 2 atom stereocenters. The Hall–Kier alpha value is -5.54. The molecule has 54 heavy (non-hydrogen) atoms. The van der Waals surface area contributed by atoms with Crippen LogP contribution < -0.4 is 9.47 Å². The zero-order valence-corrected chi connectivity index (χ0v) is 31.1. The molecule has 4 aromatic rings. The Labute approximate surface area is 318 Å². The fourth-order valence-corrected chi connectivity index (χ4v) is 7.79. The summed E-state index contributed by atoms with van der Waals surface area (Å²) in [7, 11) is 0. The number of hydrogen-bond donors (Lipinski definition) is 2. The summed E-state index contributed by atoms with van der Waals surface area (Å²) >= 11 is 0. The number of ether oxygens (including phenoxy) is 2. The number of hydrogen-bond acceptors (Lipinski definition) is 6. The second kappa shape index (κ2) is 17.5. The van der Waals surface area contributed by atoms with Crippen LogP contribution in [0.2, 0.25) is 0 Å². The third kappa shape index (κ3) is 8.80. The largest absolute Gasteiger partial charge is 0.488 e. The highest BCUT2D eigenvalue weighted by atomic mass is 16.5. The molecule has 2 saturated heterocycles. The monoisotopic (exact) mass is 724 g/mol. The summed E-state index contributed by atoms with van der Waals surface area (Å²) in [5.41, 5.74) is 9.71. The van der Waals surface area contributed by atoms with Gasteiger partial charge in [0.1, 0.15) is 36.8 Å². The Balaban J connectivity index is 1.12. The second-order valence-corrected chi connectivity index (χ2v) is 14.3. The zero-order chi connectivity index (χ0) is 38.2. The molecule has 4 aromatic carbocycles. The average molecular weight is 725 g/mol. The van der Waals surface area contributed by atoms with E-state index in [4.69, 9.17) is 22.3 Å². The summed E-state index contributed by atoms with van der Waals surface area (Å²) in [6.45, 7) is 7.44. The van der Waals surface area contributed by atoms with Gasteiger partial charge in [-0.1, -0.05) is 73.2 Å². The van der Waals surface area contributed by atoms with E-state index in [1.54, 1.807) is 0 Å². The molecule has 0 saturated carbocycles. The standard InChI is InChI=1S/C46H48N2O6/c1-5-35-25-33(27-47-23-9-7-17-41(47)45(49)50)19-21-43(35)53-29-37-13-11-15-39(31(37)3)40-16-12-14-38(32(40)4)30-54-44-22-20-34(26-36(44)6-2)28-48-24-10-8-18-42(48)46(51)52/h1-2,11-16,19-22,25-26,41-42H,7-10,17-18,23-24,27-30H2,3-4H3,(H,49,50)(H,51,52)/t41-,42-/m0/s1. The van der Waals surface area contributed by atoms with Crippen molar-refractivity contribution in [3.63, 3.8) is 0 Å². The van der Waals surface area contributed by atoms with Gasteiger partial charge in [0.25, 0.3) is 0 Å². The first-order valence-corrected chi connectivity index (χ1v) is 18.7. The Morgan fingerprint density at radius 2 is 1.09 bits per heavy atom. The maximum absolute atomic E-state index is 11.8. The number of rotatable bonds is 13. The minimum atomic E-state index is -0.775. The van der Waals surface area contributed by atoms with E-state index in [-0.39, 0.29) is 0 Å². The van der Waals surface area contributed by atoms with Crippen molar-refractivity contribution in [1.29, 1.82) is 0 Å². The Morgan fingerprint density at radius 1 is 0.667 bits per heavy atom. The van der Waals surface area contributed by atoms with Crippen molar-refractivity contribution >= 4 is 11.9 Å². The van der Waals surface area contributed by atoms with Crippen molar-refractivity contribution < 1.29 is 29.3 Å². The van der Waals surface area contributed by atoms with Gasteiger partial charge in [-0.25, -0.2) is 0 Å². The number of carboxylic acids is 2. The van der Waals surface area contributed by atoms with Crippen molar-refractivity contribution in [2.24, 2.45) is 0 Å². The number of carboxylic acid groups (broad SMARTS) is 2. The molecular formula is C46H48N2O6. The van der Waals surface area contributed by atoms with Crippen molar-refractivity contribution in [3.05, 3.63) is 117 Å². The molecule has 2 fully saturated rings. The van der Waals surface area contributed by atoms with Gasteiger partial charge in [0, 0.05) is 13.1 Å². The molecule has 0 spiro atoms. The van der Waals surface area contributed by atoms with Gasteiger partial charge in [0.2, 0.25) is 0 Å². The molecule has 278 valence electrons. The molecule has 0 radical (unpaired) electrons. The number of carbonyl (C=O) groups is 2. The normalized spacial score (nSPS) is 17.6. The molecule has 8 nitrogen and oxygen atoms in total. The number of terminal acetylenes is 2. The van der Waals surface area contributed by atoms with E-state index in [1.807, 2.05) is 58.3 Å². The lowest BCUT2D eigenvalue weighted by Crippen LogP contribution is -2.44. The van der Waals surface area contributed by atoms with Gasteiger partial charge in [0.05, 0.1) is 11.1 Å². The molecule has 2 aliphatic heterocycles. The van der Waals surface area contributed by atoms with Crippen LogP contribution in [0, 0.1) is 38.5 Å². The van der Waals surface area contributed by atoms with Crippen LogP contribution in [-0.4, -0.2) is 57.1 Å². The molecule has 2 N–H and O–H groups in total. The lowest BCUT2D eigenvalue weighted by atomic mass is 9.92. The van der Waals surface area contributed by atoms with Crippen LogP contribution in [0.4, 0.5) is 0 Å². The van der Waals surface area contributed by atoms with Crippen LogP contribution in [0.1, 0.15) is 83.0 Å². The van der Waals surface area contributed by atoms with Gasteiger partial charge in [-0.3, -0.25) is 19.4 Å². The third-order valence-corrected chi connectivity index (χ3v) is 10.9. The topological polar surface area (TPSA) is 99.5 Å². The fraction of sp³-hybridized carbons (Fsp3) is 0.348. The number of aliphatic carboxylic acids is 2. The highest BCUT2D eigenvalue weighted by molar-refractivity contribution is 5.74. The molecule has 0 bridgehead atoms. The zero-order valence-electron chi connectivity index (χ0n) is 31.1. The number of piperidine rings is 2. The number of benzene rings is 4. The van der Waals surface area contributed by atoms with Crippen LogP contribution in [0.15, 0.2) is 72.8 Å². The van der Waals surface area contributed by atoms with Gasteiger partial charge >= 0.3 is 11.9 Å². The smallest absolute Gasteiger partial charge is 0.320 e. The first kappa shape index (κ1) is 38.2. The molecule has 2 heterocycles. The van der Waals surface area contributed by atoms with Gasteiger partial charge in [-0.15, -0.1) is 12.8 Å². The third-order valence-electron chi connectivity index (χ3n) is 10.9. The first-order valence-electron chi connectivity index (χ1n) is 18.7. The SMILES string of the molecule is C#Cc1cc(CN2CCCC[C@H]2C(=O)O)ccc1OCc1cccc(-c2cccc(COc3ccc(CN4CCCC[C@H]4C(=O)O)cc3C#C)c2C)c1C. The Morgan fingerprint density at radius 3 is 1.48 bits per heavy atom. The molecule has 6 rings (SSSR count). The molecule has 0 aliphatic carbocycles. The number of nitrogens with zero attached hydrogens (tertiary/aromatic N) is 2. The van der Waals surface area contributed by atoms with E-state index in [1.165, 1.54) is 0 Å². The quantitative estimate of drug-likeness (QED) is 0.134. The molecule has 0 unspecified atom stereocenters. The maximum atomic E-state index is 11.8. The van der Waals surface area contributed by atoms with Crippen LogP contribution in [-0.2, 0) is 35.9 Å². The summed E-state index contributed by atoms with van der Waals surface area (Å²) in [6, 6.07) is 23.1. The first-order chi connectivity index (χ1) is 26.2.